The average Bonchev–Trinajstić information content (AvgIpc) is 3.54. The molecule has 170 valence electrons. The highest BCUT2D eigenvalue weighted by atomic mass is 32.1. The van der Waals surface area contributed by atoms with Gasteiger partial charge in [0.25, 0.3) is 0 Å². The maximum absolute atomic E-state index is 12.3. The Morgan fingerprint density at radius 3 is 3.00 bits per heavy atom. The number of carbonyl (C=O) groups is 2. The molecule has 1 aliphatic carbocycles. The maximum atomic E-state index is 12.3. The molecule has 1 atom stereocenters. The van der Waals surface area contributed by atoms with Crippen LogP contribution in [-0.4, -0.2) is 23.6 Å². The minimum absolute atomic E-state index is 0.178. The van der Waals surface area contributed by atoms with Gasteiger partial charge in [-0.05, 0) is 66.1 Å². The highest BCUT2D eigenvalue weighted by Gasteiger charge is 2.27. The van der Waals surface area contributed by atoms with Gasteiger partial charge in [-0.3, -0.25) is 4.79 Å². The number of thiazole rings is 1. The van der Waals surface area contributed by atoms with Gasteiger partial charge in [0.1, 0.15) is 16.1 Å². The molecular formula is C23H22N4O3S3. The fourth-order valence-electron chi connectivity index (χ4n) is 3.57. The van der Waals surface area contributed by atoms with E-state index in [1.54, 1.807) is 17.4 Å². The Kier molecular flexibility index (Phi) is 7.54. The monoisotopic (exact) mass is 498 g/mol. The summed E-state index contributed by atoms with van der Waals surface area (Å²) in [6.07, 6.45) is 5.03. The van der Waals surface area contributed by atoms with Gasteiger partial charge >= 0.3 is 6.09 Å². The Balaban J connectivity index is 1.31. The van der Waals surface area contributed by atoms with Gasteiger partial charge in [-0.25, -0.2) is 9.78 Å². The molecule has 0 spiro atoms. The molecule has 3 aromatic heterocycles. The number of anilines is 1. The largest absolute Gasteiger partial charge is 0.449 e. The van der Waals surface area contributed by atoms with Crippen molar-refractivity contribution >= 4 is 57.1 Å². The van der Waals surface area contributed by atoms with Crippen molar-refractivity contribution in [3.8, 4) is 6.07 Å². The van der Waals surface area contributed by atoms with Gasteiger partial charge in [-0.15, -0.1) is 22.7 Å². The van der Waals surface area contributed by atoms with Gasteiger partial charge < -0.3 is 15.4 Å². The van der Waals surface area contributed by atoms with Crippen molar-refractivity contribution in [3.05, 3.63) is 60.6 Å². The van der Waals surface area contributed by atoms with Crippen molar-refractivity contribution in [1.82, 2.24) is 10.3 Å². The zero-order chi connectivity index (χ0) is 23.2. The van der Waals surface area contributed by atoms with Crippen LogP contribution in [0.4, 0.5) is 9.80 Å². The third-order valence-electron chi connectivity index (χ3n) is 5.19. The molecule has 10 heteroatoms. The first kappa shape index (κ1) is 23.2. The van der Waals surface area contributed by atoms with Gasteiger partial charge in [0.05, 0.1) is 18.7 Å². The molecule has 7 nitrogen and oxygen atoms in total. The molecule has 4 rings (SSSR count). The molecule has 0 saturated carbocycles. The van der Waals surface area contributed by atoms with E-state index in [1.807, 2.05) is 29.1 Å². The number of ether oxygens (including phenoxy) is 1. The summed E-state index contributed by atoms with van der Waals surface area (Å²) in [5.41, 5.74) is 3.45. The van der Waals surface area contributed by atoms with Crippen LogP contribution in [0.15, 0.2) is 28.3 Å². The Morgan fingerprint density at radius 2 is 2.27 bits per heavy atom. The van der Waals surface area contributed by atoms with Crippen molar-refractivity contribution < 1.29 is 14.3 Å². The van der Waals surface area contributed by atoms with Crippen LogP contribution in [0.3, 0.4) is 0 Å². The van der Waals surface area contributed by atoms with Gasteiger partial charge in [0.15, 0.2) is 0 Å². The molecule has 2 N–H and O–H groups in total. The summed E-state index contributed by atoms with van der Waals surface area (Å²) in [7, 11) is 0. The molecule has 2 amide bonds. The first-order chi connectivity index (χ1) is 16.0. The molecule has 33 heavy (non-hydrogen) atoms. The van der Waals surface area contributed by atoms with E-state index in [4.69, 9.17) is 4.74 Å². The van der Waals surface area contributed by atoms with Crippen molar-refractivity contribution in [1.29, 1.82) is 5.26 Å². The van der Waals surface area contributed by atoms with Crippen LogP contribution in [0.25, 0.3) is 6.08 Å². The van der Waals surface area contributed by atoms with Crippen molar-refractivity contribution in [2.45, 2.75) is 32.7 Å². The number of hydrogen-bond acceptors (Lipinski definition) is 8. The fourth-order valence-corrected chi connectivity index (χ4v) is 6.23. The topological polar surface area (TPSA) is 104 Å². The SMILES string of the molecule is Cc1csc(CNC(=O)OCC2CCc3c(sc(NC(=O)C=Cc4ccsc4)c3C#N)C2)n1. The van der Waals surface area contributed by atoms with E-state index < -0.39 is 6.09 Å². The lowest BCUT2D eigenvalue weighted by Gasteiger charge is -2.21. The number of thiophene rings is 2. The van der Waals surface area contributed by atoms with Crippen molar-refractivity contribution in [2.24, 2.45) is 5.92 Å². The molecule has 0 radical (unpaired) electrons. The van der Waals surface area contributed by atoms with E-state index in [0.29, 0.717) is 30.1 Å². The van der Waals surface area contributed by atoms with Crippen LogP contribution in [0.5, 0.6) is 0 Å². The maximum Gasteiger partial charge on any atom is 0.407 e. The zero-order valence-corrected chi connectivity index (χ0v) is 20.4. The molecule has 0 aromatic carbocycles. The van der Waals surface area contributed by atoms with E-state index in [2.05, 4.69) is 21.7 Å². The van der Waals surface area contributed by atoms with Gasteiger partial charge in [0, 0.05) is 22.0 Å². The molecule has 1 aliphatic rings. The summed E-state index contributed by atoms with van der Waals surface area (Å²) < 4.78 is 5.41. The standard InChI is InChI=1S/C23H22N4O3S3/c1-14-12-32-21(26-14)10-25-23(29)30-11-16-2-4-17-18(9-24)22(33-19(17)8-16)27-20(28)5-3-15-6-7-31-13-15/h3,5-7,12-13,16H,2,4,8,10-11H2,1H3,(H,25,29)(H,27,28). The summed E-state index contributed by atoms with van der Waals surface area (Å²) >= 11 is 4.50. The minimum atomic E-state index is -0.456. The molecule has 0 fully saturated rings. The number of alkyl carbamates (subject to hydrolysis) is 1. The molecule has 0 aliphatic heterocycles. The lowest BCUT2D eigenvalue weighted by atomic mass is 9.88. The predicted molar refractivity (Wildman–Crippen MR) is 132 cm³/mol. The molecule has 0 bridgehead atoms. The number of nitrogens with one attached hydrogen (secondary N) is 2. The highest BCUT2D eigenvalue weighted by molar-refractivity contribution is 7.16. The smallest absolute Gasteiger partial charge is 0.407 e. The number of fused-ring (bicyclic) bond motifs is 1. The molecule has 0 saturated heterocycles. The summed E-state index contributed by atoms with van der Waals surface area (Å²) in [5.74, 6) is -0.0825. The van der Waals surface area contributed by atoms with Crippen molar-refractivity contribution in [3.63, 3.8) is 0 Å². The van der Waals surface area contributed by atoms with Crippen LogP contribution in [0.1, 0.15) is 38.7 Å². The van der Waals surface area contributed by atoms with E-state index in [-0.39, 0.29) is 11.8 Å². The fraction of sp³-hybridized carbons (Fsp3) is 0.304. The minimum Gasteiger partial charge on any atom is -0.449 e. The second-order valence-corrected chi connectivity index (χ2v) is 10.5. The Bertz CT molecular complexity index is 1200. The van der Waals surface area contributed by atoms with Crippen molar-refractivity contribution in [2.75, 3.05) is 11.9 Å². The van der Waals surface area contributed by atoms with Gasteiger partial charge in [-0.1, -0.05) is 0 Å². The number of aromatic nitrogens is 1. The summed E-state index contributed by atoms with van der Waals surface area (Å²) in [4.78, 5) is 29.7. The van der Waals surface area contributed by atoms with Gasteiger partial charge in [-0.2, -0.15) is 16.6 Å². The van der Waals surface area contributed by atoms with Gasteiger partial charge in [0.2, 0.25) is 5.91 Å². The molecule has 1 unspecified atom stereocenters. The third-order valence-corrected chi connectivity index (χ3v) is 8.02. The number of amides is 2. The summed E-state index contributed by atoms with van der Waals surface area (Å²) in [6.45, 7) is 2.58. The second-order valence-electron chi connectivity index (χ2n) is 7.64. The highest BCUT2D eigenvalue weighted by Crippen LogP contribution is 2.39. The van der Waals surface area contributed by atoms with E-state index in [0.717, 1.165) is 39.5 Å². The molecular weight excluding hydrogens is 476 g/mol. The molecule has 3 aromatic rings. The number of carbonyl (C=O) groups excluding carboxylic acids is 2. The number of hydrogen-bond donors (Lipinski definition) is 2. The number of nitrogens with zero attached hydrogens (tertiary/aromatic N) is 2. The normalized spacial score (nSPS) is 15.1. The van der Waals surface area contributed by atoms with E-state index >= 15 is 0 Å². The first-order valence-corrected chi connectivity index (χ1v) is 13.0. The van der Waals surface area contributed by atoms with E-state index in [1.165, 1.54) is 28.7 Å². The number of nitriles is 1. The number of aryl methyl sites for hydroxylation is 1. The zero-order valence-electron chi connectivity index (χ0n) is 17.9. The Hall–Kier alpha value is -3.00. The lowest BCUT2D eigenvalue weighted by Crippen LogP contribution is -2.27. The first-order valence-electron chi connectivity index (χ1n) is 10.4. The van der Waals surface area contributed by atoms with Crippen LogP contribution in [0, 0.1) is 24.2 Å². The molecule has 3 heterocycles. The summed E-state index contributed by atoms with van der Waals surface area (Å²) in [6, 6.07) is 4.18. The quantitative estimate of drug-likeness (QED) is 0.440. The Morgan fingerprint density at radius 1 is 1.39 bits per heavy atom. The van der Waals surface area contributed by atoms with Crippen LogP contribution in [-0.2, 0) is 28.9 Å². The average molecular weight is 499 g/mol. The third kappa shape index (κ3) is 6.07. The van der Waals surface area contributed by atoms with Crippen LogP contribution < -0.4 is 10.6 Å². The Labute approximate surface area is 203 Å². The van der Waals surface area contributed by atoms with Crippen LogP contribution in [0.2, 0.25) is 0 Å². The van der Waals surface area contributed by atoms with E-state index in [9.17, 15) is 14.9 Å². The van der Waals surface area contributed by atoms with Crippen LogP contribution >= 0.6 is 34.0 Å². The second kappa shape index (κ2) is 10.7. The lowest BCUT2D eigenvalue weighted by molar-refractivity contribution is -0.111. The number of rotatable bonds is 7. The predicted octanol–water partition coefficient (Wildman–Crippen LogP) is 5.13. The summed E-state index contributed by atoms with van der Waals surface area (Å²) in [5, 5.41) is 22.5.